The molecule has 0 aromatic carbocycles. The van der Waals surface area contributed by atoms with E-state index in [9.17, 15) is 9.59 Å². The predicted octanol–water partition coefficient (Wildman–Crippen LogP) is 0.767. The molecule has 8 nitrogen and oxygen atoms in total. The summed E-state index contributed by atoms with van der Waals surface area (Å²) in [4.78, 5) is 25.9. The first-order valence-corrected chi connectivity index (χ1v) is 5.74. The Balaban J connectivity index is 1.76. The lowest BCUT2D eigenvalue weighted by molar-refractivity contribution is 0.0690. The summed E-state index contributed by atoms with van der Waals surface area (Å²) < 4.78 is 4.82. The van der Waals surface area contributed by atoms with Crippen molar-refractivity contribution in [2.24, 2.45) is 0 Å². The van der Waals surface area contributed by atoms with E-state index in [0.717, 1.165) is 0 Å². The maximum Gasteiger partial charge on any atom is 0.354 e. The van der Waals surface area contributed by atoms with Gasteiger partial charge in [-0.05, 0) is 11.6 Å². The smallest absolute Gasteiger partial charge is 0.354 e. The van der Waals surface area contributed by atoms with Gasteiger partial charge in [0.1, 0.15) is 5.69 Å². The summed E-state index contributed by atoms with van der Waals surface area (Å²) in [5, 5.41) is 17.4. The normalized spacial score (nSPS) is 10.0. The molecular formula is C12H12N4O4. The van der Waals surface area contributed by atoms with Gasteiger partial charge >= 0.3 is 12.0 Å². The van der Waals surface area contributed by atoms with Crippen LogP contribution in [0.15, 0.2) is 35.1 Å². The van der Waals surface area contributed by atoms with Gasteiger partial charge in [0.05, 0.1) is 12.7 Å². The maximum atomic E-state index is 11.5. The first-order chi connectivity index (χ1) is 9.65. The van der Waals surface area contributed by atoms with Crippen molar-refractivity contribution >= 4 is 12.0 Å². The van der Waals surface area contributed by atoms with Gasteiger partial charge in [0.15, 0.2) is 5.76 Å². The van der Waals surface area contributed by atoms with Crippen LogP contribution in [0, 0.1) is 0 Å². The first-order valence-electron chi connectivity index (χ1n) is 5.74. The largest absolute Gasteiger partial charge is 0.477 e. The molecule has 104 valence electrons. The van der Waals surface area contributed by atoms with Crippen molar-refractivity contribution < 1.29 is 19.2 Å². The molecule has 0 saturated carbocycles. The number of carboxylic acid groups (broad SMARTS) is 1. The van der Waals surface area contributed by atoms with Crippen LogP contribution >= 0.6 is 0 Å². The second kappa shape index (κ2) is 6.32. The highest BCUT2D eigenvalue weighted by atomic mass is 16.5. The van der Waals surface area contributed by atoms with Crippen LogP contribution in [0.2, 0.25) is 0 Å². The summed E-state index contributed by atoms with van der Waals surface area (Å²) in [6.07, 6.45) is 2.89. The average Bonchev–Trinajstić information content (AvgIpc) is 2.96. The molecule has 0 atom stereocenters. The maximum absolute atomic E-state index is 11.5. The summed E-state index contributed by atoms with van der Waals surface area (Å²) in [6.45, 7) is 0.483. The Morgan fingerprint density at radius 2 is 2.00 bits per heavy atom. The third-order valence-corrected chi connectivity index (χ3v) is 2.41. The Labute approximate surface area is 113 Å². The lowest BCUT2D eigenvalue weighted by Gasteiger charge is -2.06. The summed E-state index contributed by atoms with van der Waals surface area (Å²) in [5.41, 5.74) is 0.660. The highest BCUT2D eigenvalue weighted by Crippen LogP contribution is 2.00. The van der Waals surface area contributed by atoms with Crippen LogP contribution in [0.4, 0.5) is 4.79 Å². The molecule has 0 aliphatic carbocycles. The zero-order chi connectivity index (χ0) is 14.4. The number of carbonyl (C=O) groups excluding carboxylic acids is 1. The molecule has 2 aromatic rings. The lowest BCUT2D eigenvalue weighted by atomic mass is 10.2. The molecule has 2 aromatic heterocycles. The minimum atomic E-state index is -1.09. The molecule has 2 amide bonds. The molecule has 0 saturated heterocycles. The second-order valence-electron chi connectivity index (χ2n) is 3.87. The molecule has 0 spiro atoms. The van der Waals surface area contributed by atoms with Gasteiger partial charge in [0.2, 0.25) is 0 Å². The van der Waals surface area contributed by atoms with Crippen molar-refractivity contribution in [3.8, 4) is 0 Å². The Kier molecular flexibility index (Phi) is 4.28. The molecule has 0 radical (unpaired) electrons. The summed E-state index contributed by atoms with van der Waals surface area (Å²) >= 11 is 0. The van der Waals surface area contributed by atoms with Crippen molar-refractivity contribution in [3.63, 3.8) is 0 Å². The molecule has 0 aliphatic rings. The van der Waals surface area contributed by atoms with Crippen LogP contribution in [-0.4, -0.2) is 27.2 Å². The van der Waals surface area contributed by atoms with Crippen molar-refractivity contribution in [3.05, 3.63) is 47.6 Å². The molecule has 2 heterocycles. The van der Waals surface area contributed by atoms with E-state index in [0.29, 0.717) is 11.3 Å². The van der Waals surface area contributed by atoms with Crippen LogP contribution in [0.3, 0.4) is 0 Å². The van der Waals surface area contributed by atoms with E-state index in [1.54, 1.807) is 12.1 Å². The minimum Gasteiger partial charge on any atom is -0.477 e. The number of rotatable bonds is 5. The number of urea groups is 1. The number of amides is 2. The fraction of sp³-hybridized carbons (Fsp3) is 0.167. The van der Waals surface area contributed by atoms with Gasteiger partial charge < -0.3 is 20.3 Å². The Hall–Kier alpha value is -2.90. The van der Waals surface area contributed by atoms with Crippen LogP contribution < -0.4 is 10.6 Å². The third kappa shape index (κ3) is 3.80. The molecule has 3 N–H and O–H groups in total. The van der Waals surface area contributed by atoms with Crippen LogP contribution in [-0.2, 0) is 13.1 Å². The van der Waals surface area contributed by atoms with E-state index in [1.807, 2.05) is 0 Å². The van der Waals surface area contributed by atoms with Gasteiger partial charge in [-0.3, -0.25) is 0 Å². The van der Waals surface area contributed by atoms with E-state index in [-0.39, 0.29) is 24.8 Å². The highest BCUT2D eigenvalue weighted by molar-refractivity contribution is 5.85. The van der Waals surface area contributed by atoms with Gasteiger partial charge in [0.25, 0.3) is 0 Å². The number of carbonyl (C=O) groups is 2. The van der Waals surface area contributed by atoms with Crippen LogP contribution in [0.1, 0.15) is 21.8 Å². The Morgan fingerprint density at radius 3 is 2.60 bits per heavy atom. The van der Waals surface area contributed by atoms with E-state index >= 15 is 0 Å². The zero-order valence-electron chi connectivity index (χ0n) is 10.4. The van der Waals surface area contributed by atoms with Crippen molar-refractivity contribution in [2.75, 3.05) is 0 Å². The number of carboxylic acids is 1. The molecular weight excluding hydrogens is 264 g/mol. The monoisotopic (exact) mass is 276 g/mol. The fourth-order valence-corrected chi connectivity index (χ4v) is 1.40. The number of aromatic carboxylic acids is 1. The van der Waals surface area contributed by atoms with Gasteiger partial charge in [-0.1, -0.05) is 11.2 Å². The molecule has 0 bridgehead atoms. The number of pyridine rings is 1. The van der Waals surface area contributed by atoms with Crippen molar-refractivity contribution in [2.45, 2.75) is 13.1 Å². The molecule has 0 aliphatic heterocycles. The van der Waals surface area contributed by atoms with E-state index < -0.39 is 5.97 Å². The van der Waals surface area contributed by atoms with E-state index in [1.165, 1.54) is 18.5 Å². The molecule has 8 heteroatoms. The number of nitrogens with zero attached hydrogens (tertiary/aromatic N) is 2. The number of hydrogen-bond acceptors (Lipinski definition) is 5. The quantitative estimate of drug-likeness (QED) is 0.742. The average molecular weight is 276 g/mol. The summed E-state index contributed by atoms with van der Waals surface area (Å²) in [6, 6.07) is 4.25. The second-order valence-corrected chi connectivity index (χ2v) is 3.87. The summed E-state index contributed by atoms with van der Waals surface area (Å²) in [7, 11) is 0. The number of hydrogen-bond donors (Lipinski definition) is 3. The van der Waals surface area contributed by atoms with Crippen LogP contribution in [0.5, 0.6) is 0 Å². The molecule has 0 unspecified atom stereocenters. The van der Waals surface area contributed by atoms with Crippen molar-refractivity contribution in [1.82, 2.24) is 20.8 Å². The molecule has 0 fully saturated rings. The lowest BCUT2D eigenvalue weighted by Crippen LogP contribution is -2.34. The molecule has 2 rings (SSSR count). The number of nitrogens with one attached hydrogen (secondary N) is 2. The summed E-state index contributed by atoms with van der Waals surface area (Å²) in [5.74, 6) is -0.540. The zero-order valence-corrected chi connectivity index (χ0v) is 10.4. The molecule has 20 heavy (non-hydrogen) atoms. The van der Waals surface area contributed by atoms with Gasteiger partial charge in [0, 0.05) is 18.8 Å². The standard InChI is InChI=1S/C12H12N4O4/c17-11(18)10-2-1-8(5-13-10)6-14-12(19)15-7-9-3-4-16-20-9/h1-5H,6-7H2,(H,17,18)(H2,14,15,19). The van der Waals surface area contributed by atoms with Gasteiger partial charge in [-0.15, -0.1) is 0 Å². The SMILES string of the molecule is O=C(NCc1ccc(C(=O)O)nc1)NCc1ccno1. The highest BCUT2D eigenvalue weighted by Gasteiger charge is 2.05. The van der Waals surface area contributed by atoms with Crippen molar-refractivity contribution in [1.29, 1.82) is 0 Å². The number of aromatic nitrogens is 2. The van der Waals surface area contributed by atoms with E-state index in [4.69, 9.17) is 9.63 Å². The van der Waals surface area contributed by atoms with Gasteiger partial charge in [-0.2, -0.15) is 0 Å². The third-order valence-electron chi connectivity index (χ3n) is 2.41. The first kappa shape index (κ1) is 13.5. The minimum absolute atomic E-state index is 0.0384. The Bertz CT molecular complexity index is 580. The topological polar surface area (TPSA) is 117 Å². The van der Waals surface area contributed by atoms with Crippen LogP contribution in [0.25, 0.3) is 0 Å². The van der Waals surface area contributed by atoms with Gasteiger partial charge in [-0.25, -0.2) is 14.6 Å². The predicted molar refractivity (Wildman–Crippen MR) is 66.8 cm³/mol. The Morgan fingerprint density at radius 1 is 1.20 bits per heavy atom. The van der Waals surface area contributed by atoms with E-state index in [2.05, 4.69) is 20.8 Å². The fourth-order valence-electron chi connectivity index (χ4n) is 1.40.